The molecule has 0 saturated heterocycles. The van der Waals surface area contributed by atoms with Crippen molar-refractivity contribution < 1.29 is 33.5 Å². The standard InChI is InChI=1S/C28H31N3O8/c1-36-23-9-5-18(15-25(23)38-3)11-13-29-27(32)21-8-7-20(31(34)35)17-22(21)28(33)30-14-12-19-6-10-24(37-2)26(16-19)39-4/h5-10,15-17H,11-14H2,1-4H3,(H,29,32)(H,30,33). The number of nitro benzene ring substituents is 1. The molecule has 0 aliphatic rings. The normalized spacial score (nSPS) is 10.4. The number of benzene rings is 3. The highest BCUT2D eigenvalue weighted by Crippen LogP contribution is 2.28. The van der Waals surface area contributed by atoms with Gasteiger partial charge in [0.05, 0.1) is 44.5 Å². The van der Waals surface area contributed by atoms with E-state index in [4.69, 9.17) is 18.9 Å². The minimum Gasteiger partial charge on any atom is -0.493 e. The number of rotatable bonds is 13. The summed E-state index contributed by atoms with van der Waals surface area (Å²) in [5.41, 5.74) is 1.46. The molecule has 2 N–H and O–H groups in total. The molecule has 39 heavy (non-hydrogen) atoms. The van der Waals surface area contributed by atoms with E-state index in [0.29, 0.717) is 35.8 Å². The van der Waals surface area contributed by atoms with E-state index >= 15 is 0 Å². The molecule has 0 saturated carbocycles. The number of ether oxygens (including phenoxy) is 4. The van der Waals surface area contributed by atoms with Crippen molar-refractivity contribution in [2.24, 2.45) is 0 Å². The quantitative estimate of drug-likeness (QED) is 0.249. The average Bonchev–Trinajstić information content (AvgIpc) is 2.96. The molecule has 0 spiro atoms. The van der Waals surface area contributed by atoms with Gasteiger partial charge < -0.3 is 29.6 Å². The summed E-state index contributed by atoms with van der Waals surface area (Å²) >= 11 is 0. The molecule has 3 aromatic rings. The zero-order valence-corrected chi connectivity index (χ0v) is 22.2. The van der Waals surface area contributed by atoms with Gasteiger partial charge in [0.15, 0.2) is 23.0 Å². The van der Waals surface area contributed by atoms with Crippen LogP contribution in [0.4, 0.5) is 5.69 Å². The largest absolute Gasteiger partial charge is 0.493 e. The molecule has 11 nitrogen and oxygen atoms in total. The number of nitrogens with zero attached hydrogens (tertiary/aromatic N) is 1. The Balaban J connectivity index is 1.68. The van der Waals surface area contributed by atoms with Gasteiger partial charge >= 0.3 is 0 Å². The third-order valence-electron chi connectivity index (χ3n) is 6.00. The maximum atomic E-state index is 13.0. The molecule has 0 aliphatic heterocycles. The van der Waals surface area contributed by atoms with Crippen LogP contribution < -0.4 is 29.6 Å². The summed E-state index contributed by atoms with van der Waals surface area (Å²) in [6.07, 6.45) is 0.958. The van der Waals surface area contributed by atoms with E-state index in [-0.39, 0.29) is 29.9 Å². The Morgan fingerprint density at radius 1 is 0.667 bits per heavy atom. The molecule has 0 aromatic heterocycles. The summed E-state index contributed by atoms with van der Waals surface area (Å²) in [6, 6.07) is 14.4. The molecule has 0 unspecified atom stereocenters. The molecule has 0 aliphatic carbocycles. The topological polar surface area (TPSA) is 138 Å². The molecule has 3 rings (SSSR count). The van der Waals surface area contributed by atoms with Gasteiger partial charge in [-0.05, 0) is 54.3 Å². The number of carbonyl (C=O) groups excluding carboxylic acids is 2. The van der Waals surface area contributed by atoms with Gasteiger partial charge in [0, 0.05) is 25.2 Å². The number of non-ortho nitro benzene ring substituents is 1. The molecule has 2 amide bonds. The summed E-state index contributed by atoms with van der Waals surface area (Å²) in [5, 5.41) is 16.8. The summed E-state index contributed by atoms with van der Waals surface area (Å²) in [4.78, 5) is 36.7. The fraction of sp³-hybridized carbons (Fsp3) is 0.286. The highest BCUT2D eigenvalue weighted by atomic mass is 16.6. The van der Waals surface area contributed by atoms with Crippen LogP contribution in [0.5, 0.6) is 23.0 Å². The number of nitro groups is 1. The number of amides is 2. The summed E-state index contributed by atoms with van der Waals surface area (Å²) in [6.45, 7) is 0.503. The third-order valence-corrected chi connectivity index (χ3v) is 6.00. The Morgan fingerprint density at radius 2 is 1.13 bits per heavy atom. The van der Waals surface area contributed by atoms with Gasteiger partial charge in [-0.1, -0.05) is 12.1 Å². The van der Waals surface area contributed by atoms with Gasteiger partial charge in [-0.3, -0.25) is 19.7 Å². The van der Waals surface area contributed by atoms with E-state index in [1.54, 1.807) is 39.5 Å². The lowest BCUT2D eigenvalue weighted by atomic mass is 10.0. The molecular weight excluding hydrogens is 506 g/mol. The number of hydrogen-bond acceptors (Lipinski definition) is 8. The van der Waals surface area contributed by atoms with Crippen LogP contribution in [0.25, 0.3) is 0 Å². The number of nitrogens with one attached hydrogen (secondary N) is 2. The van der Waals surface area contributed by atoms with Gasteiger partial charge in [0.2, 0.25) is 0 Å². The third kappa shape index (κ3) is 7.37. The van der Waals surface area contributed by atoms with Gasteiger partial charge in [0.25, 0.3) is 17.5 Å². The van der Waals surface area contributed by atoms with Crippen LogP contribution in [-0.4, -0.2) is 58.3 Å². The molecule has 0 fully saturated rings. The van der Waals surface area contributed by atoms with Crippen LogP contribution in [0, 0.1) is 10.1 Å². The van der Waals surface area contributed by atoms with Crippen LogP contribution in [-0.2, 0) is 12.8 Å². The Morgan fingerprint density at radius 3 is 1.56 bits per heavy atom. The van der Waals surface area contributed by atoms with Gasteiger partial charge in [-0.15, -0.1) is 0 Å². The lowest BCUT2D eigenvalue weighted by Gasteiger charge is -2.13. The maximum absolute atomic E-state index is 13.0. The SMILES string of the molecule is COc1ccc(CCNC(=O)c2ccc([N+](=O)[O-])cc2C(=O)NCCc2ccc(OC)c(OC)c2)cc1OC. The minimum absolute atomic E-state index is 0.0385. The highest BCUT2D eigenvalue weighted by molar-refractivity contribution is 6.07. The van der Waals surface area contributed by atoms with E-state index < -0.39 is 16.7 Å². The van der Waals surface area contributed by atoms with Crippen LogP contribution >= 0.6 is 0 Å². The van der Waals surface area contributed by atoms with E-state index in [9.17, 15) is 19.7 Å². The predicted octanol–water partition coefficient (Wildman–Crippen LogP) is 3.57. The molecule has 0 radical (unpaired) electrons. The first-order valence-corrected chi connectivity index (χ1v) is 12.1. The van der Waals surface area contributed by atoms with Crippen LogP contribution in [0.15, 0.2) is 54.6 Å². The lowest BCUT2D eigenvalue weighted by molar-refractivity contribution is -0.384. The van der Waals surface area contributed by atoms with Crippen molar-refractivity contribution in [1.29, 1.82) is 0 Å². The van der Waals surface area contributed by atoms with Crippen molar-refractivity contribution in [2.45, 2.75) is 12.8 Å². The van der Waals surface area contributed by atoms with Crippen LogP contribution in [0.3, 0.4) is 0 Å². The summed E-state index contributed by atoms with van der Waals surface area (Å²) in [7, 11) is 6.16. The molecule has 0 heterocycles. The second kappa shape index (κ2) is 13.7. The van der Waals surface area contributed by atoms with E-state index in [2.05, 4.69) is 10.6 Å². The molecule has 0 bridgehead atoms. The smallest absolute Gasteiger partial charge is 0.270 e. The maximum Gasteiger partial charge on any atom is 0.270 e. The van der Waals surface area contributed by atoms with Crippen molar-refractivity contribution in [1.82, 2.24) is 10.6 Å². The second-order valence-electron chi connectivity index (χ2n) is 8.38. The zero-order valence-electron chi connectivity index (χ0n) is 22.2. The average molecular weight is 538 g/mol. The van der Waals surface area contributed by atoms with Crippen molar-refractivity contribution in [3.63, 3.8) is 0 Å². The van der Waals surface area contributed by atoms with Crippen molar-refractivity contribution >= 4 is 17.5 Å². The van der Waals surface area contributed by atoms with Crippen molar-refractivity contribution in [2.75, 3.05) is 41.5 Å². The Bertz CT molecular complexity index is 1340. The minimum atomic E-state index is -0.612. The lowest BCUT2D eigenvalue weighted by Crippen LogP contribution is -2.31. The molecule has 3 aromatic carbocycles. The van der Waals surface area contributed by atoms with E-state index in [0.717, 1.165) is 17.2 Å². The fourth-order valence-corrected chi connectivity index (χ4v) is 3.94. The predicted molar refractivity (Wildman–Crippen MR) is 144 cm³/mol. The monoisotopic (exact) mass is 537 g/mol. The number of carbonyl (C=O) groups is 2. The fourth-order valence-electron chi connectivity index (χ4n) is 3.94. The zero-order chi connectivity index (χ0) is 28.4. The molecule has 0 atom stereocenters. The van der Waals surface area contributed by atoms with Crippen LogP contribution in [0.1, 0.15) is 31.8 Å². The number of hydrogen-bond donors (Lipinski definition) is 2. The molecule has 206 valence electrons. The first kappa shape index (κ1) is 28.8. The van der Waals surface area contributed by atoms with Crippen LogP contribution in [0.2, 0.25) is 0 Å². The Hall–Kier alpha value is -4.80. The summed E-state index contributed by atoms with van der Waals surface area (Å²) in [5.74, 6) is 1.21. The highest BCUT2D eigenvalue weighted by Gasteiger charge is 2.21. The van der Waals surface area contributed by atoms with Crippen molar-refractivity contribution in [3.05, 3.63) is 87.0 Å². The number of methoxy groups -OCH3 is 4. The van der Waals surface area contributed by atoms with Crippen molar-refractivity contribution in [3.8, 4) is 23.0 Å². The first-order chi connectivity index (χ1) is 18.8. The first-order valence-electron chi connectivity index (χ1n) is 12.1. The second-order valence-corrected chi connectivity index (χ2v) is 8.38. The van der Waals surface area contributed by atoms with Gasteiger partial charge in [0.1, 0.15) is 0 Å². The van der Waals surface area contributed by atoms with Gasteiger partial charge in [-0.25, -0.2) is 0 Å². The van der Waals surface area contributed by atoms with E-state index in [1.807, 2.05) is 18.2 Å². The van der Waals surface area contributed by atoms with E-state index in [1.165, 1.54) is 19.2 Å². The molecular formula is C28H31N3O8. The summed E-state index contributed by atoms with van der Waals surface area (Å²) < 4.78 is 21.1. The molecule has 11 heteroatoms. The Labute approximate surface area is 226 Å². The van der Waals surface area contributed by atoms with Gasteiger partial charge in [-0.2, -0.15) is 0 Å². The Kier molecular flexibility index (Phi) is 10.1.